The van der Waals surface area contributed by atoms with Crippen LogP contribution in [-0.4, -0.2) is 72.2 Å². The summed E-state index contributed by atoms with van der Waals surface area (Å²) >= 11 is 0. The van der Waals surface area contributed by atoms with Crippen LogP contribution in [0.25, 0.3) is 0 Å². The first kappa shape index (κ1) is 14.8. The van der Waals surface area contributed by atoms with Crippen molar-refractivity contribution >= 4 is 5.91 Å². The van der Waals surface area contributed by atoms with Crippen LogP contribution < -0.4 is 5.32 Å². The number of nitrogens with zero attached hydrogens (tertiary/aromatic N) is 2. The average molecular weight is 269 g/mol. The molecule has 2 aliphatic heterocycles. The van der Waals surface area contributed by atoms with E-state index in [9.17, 15) is 9.90 Å². The summed E-state index contributed by atoms with van der Waals surface area (Å²) in [4.78, 5) is 16.6. The van der Waals surface area contributed by atoms with Crippen LogP contribution in [0.2, 0.25) is 0 Å². The lowest BCUT2D eigenvalue weighted by Crippen LogP contribution is -2.54. The minimum atomic E-state index is -0.653. The molecule has 0 aromatic carbocycles. The summed E-state index contributed by atoms with van der Waals surface area (Å²) in [6, 6.07) is 0. The lowest BCUT2D eigenvalue weighted by atomic mass is 9.98. The standard InChI is InChI=1S/C14H27N3O2/c1-14(2,19)11-16-6-8-17(9-7-16)13(18)12-4-3-5-15-10-12/h12,15,19H,3-11H2,1-2H3/t12-/m1/s1. The Labute approximate surface area is 115 Å². The normalized spacial score (nSPS) is 26.5. The number of hydrogen-bond donors (Lipinski definition) is 2. The van der Waals surface area contributed by atoms with E-state index in [-0.39, 0.29) is 5.92 Å². The molecule has 5 nitrogen and oxygen atoms in total. The third-order valence-electron chi connectivity index (χ3n) is 3.94. The van der Waals surface area contributed by atoms with Crippen LogP contribution in [0.15, 0.2) is 0 Å². The fourth-order valence-electron chi connectivity index (χ4n) is 2.99. The molecule has 110 valence electrons. The van der Waals surface area contributed by atoms with Gasteiger partial charge in [-0.1, -0.05) is 0 Å². The monoisotopic (exact) mass is 269 g/mol. The smallest absolute Gasteiger partial charge is 0.227 e. The van der Waals surface area contributed by atoms with Gasteiger partial charge < -0.3 is 15.3 Å². The maximum atomic E-state index is 12.4. The number of β-amino-alcohol motifs (C(OH)–C–C–N with tert-alkyl or cyclic N) is 1. The van der Waals surface area contributed by atoms with Crippen LogP contribution in [0.1, 0.15) is 26.7 Å². The van der Waals surface area contributed by atoms with Crippen molar-refractivity contribution in [3.8, 4) is 0 Å². The largest absolute Gasteiger partial charge is 0.389 e. The van der Waals surface area contributed by atoms with Gasteiger partial charge in [0.05, 0.1) is 11.5 Å². The molecule has 0 spiro atoms. The van der Waals surface area contributed by atoms with Gasteiger partial charge in [0, 0.05) is 39.3 Å². The number of hydrogen-bond acceptors (Lipinski definition) is 4. The first-order valence-electron chi connectivity index (χ1n) is 7.40. The predicted molar refractivity (Wildman–Crippen MR) is 74.9 cm³/mol. The zero-order valence-corrected chi connectivity index (χ0v) is 12.2. The maximum Gasteiger partial charge on any atom is 0.227 e. The fraction of sp³-hybridized carbons (Fsp3) is 0.929. The minimum absolute atomic E-state index is 0.176. The zero-order chi connectivity index (χ0) is 13.9. The summed E-state index contributed by atoms with van der Waals surface area (Å²) in [5.74, 6) is 0.490. The molecular weight excluding hydrogens is 242 g/mol. The summed E-state index contributed by atoms with van der Waals surface area (Å²) in [7, 11) is 0. The summed E-state index contributed by atoms with van der Waals surface area (Å²) in [6.45, 7) is 9.56. The van der Waals surface area contributed by atoms with Crippen LogP contribution in [0, 0.1) is 5.92 Å². The molecule has 2 rings (SSSR count). The molecule has 2 saturated heterocycles. The zero-order valence-electron chi connectivity index (χ0n) is 12.2. The molecule has 0 aliphatic carbocycles. The third-order valence-corrected chi connectivity index (χ3v) is 3.94. The average Bonchev–Trinajstić information content (AvgIpc) is 2.38. The number of piperazine rings is 1. The van der Waals surface area contributed by atoms with Gasteiger partial charge >= 0.3 is 0 Å². The number of rotatable bonds is 3. The van der Waals surface area contributed by atoms with Gasteiger partial charge in [0.15, 0.2) is 0 Å². The van der Waals surface area contributed by atoms with E-state index in [0.717, 1.165) is 52.1 Å². The van der Waals surface area contributed by atoms with Gasteiger partial charge in [0.1, 0.15) is 0 Å². The van der Waals surface area contributed by atoms with E-state index in [1.165, 1.54) is 0 Å². The van der Waals surface area contributed by atoms with Crippen molar-refractivity contribution in [3.63, 3.8) is 0 Å². The number of carbonyl (C=O) groups is 1. The Bertz CT molecular complexity index is 300. The molecule has 2 heterocycles. The Hall–Kier alpha value is -0.650. The van der Waals surface area contributed by atoms with Crippen molar-refractivity contribution in [2.24, 2.45) is 5.92 Å². The van der Waals surface area contributed by atoms with Gasteiger partial charge in [0.25, 0.3) is 0 Å². The van der Waals surface area contributed by atoms with Crippen molar-refractivity contribution in [2.75, 3.05) is 45.8 Å². The second-order valence-electron chi connectivity index (χ2n) is 6.46. The highest BCUT2D eigenvalue weighted by Gasteiger charge is 2.29. The van der Waals surface area contributed by atoms with Crippen molar-refractivity contribution in [1.29, 1.82) is 0 Å². The summed E-state index contributed by atoms with van der Waals surface area (Å²) in [5, 5.41) is 13.1. The summed E-state index contributed by atoms with van der Waals surface area (Å²) in [6.07, 6.45) is 2.13. The Balaban J connectivity index is 1.77. The highest BCUT2D eigenvalue weighted by atomic mass is 16.3. The molecular formula is C14H27N3O2. The molecule has 1 amide bonds. The molecule has 2 N–H and O–H groups in total. The van der Waals surface area contributed by atoms with E-state index < -0.39 is 5.60 Å². The molecule has 0 saturated carbocycles. The molecule has 5 heteroatoms. The van der Waals surface area contributed by atoms with Crippen LogP contribution in [0.3, 0.4) is 0 Å². The van der Waals surface area contributed by atoms with Gasteiger partial charge in [-0.25, -0.2) is 0 Å². The molecule has 0 unspecified atom stereocenters. The minimum Gasteiger partial charge on any atom is -0.389 e. The summed E-state index contributed by atoms with van der Waals surface area (Å²) < 4.78 is 0. The third kappa shape index (κ3) is 4.44. The quantitative estimate of drug-likeness (QED) is 0.751. The second kappa shape index (κ2) is 6.20. The molecule has 0 radical (unpaired) electrons. The Morgan fingerprint density at radius 3 is 2.53 bits per heavy atom. The predicted octanol–water partition coefficient (Wildman–Crippen LogP) is -0.0989. The Morgan fingerprint density at radius 2 is 2.00 bits per heavy atom. The second-order valence-corrected chi connectivity index (χ2v) is 6.46. The van der Waals surface area contributed by atoms with Crippen molar-refractivity contribution in [2.45, 2.75) is 32.3 Å². The molecule has 0 bridgehead atoms. The molecule has 2 fully saturated rings. The van der Waals surface area contributed by atoms with Gasteiger partial charge in [-0.05, 0) is 33.2 Å². The number of amides is 1. The molecule has 0 aromatic rings. The Morgan fingerprint density at radius 1 is 1.32 bits per heavy atom. The highest BCUT2D eigenvalue weighted by Crippen LogP contribution is 2.16. The van der Waals surface area contributed by atoms with Gasteiger partial charge in [0.2, 0.25) is 5.91 Å². The highest BCUT2D eigenvalue weighted by molar-refractivity contribution is 5.79. The van der Waals surface area contributed by atoms with E-state index in [1.807, 2.05) is 18.7 Å². The molecule has 0 aromatic heterocycles. The van der Waals surface area contributed by atoms with Crippen molar-refractivity contribution < 1.29 is 9.90 Å². The molecule has 19 heavy (non-hydrogen) atoms. The van der Waals surface area contributed by atoms with Crippen LogP contribution in [0.5, 0.6) is 0 Å². The number of nitrogens with one attached hydrogen (secondary N) is 1. The van der Waals surface area contributed by atoms with Crippen molar-refractivity contribution in [3.05, 3.63) is 0 Å². The van der Waals surface area contributed by atoms with E-state index >= 15 is 0 Å². The van der Waals surface area contributed by atoms with Crippen molar-refractivity contribution in [1.82, 2.24) is 15.1 Å². The lowest BCUT2D eigenvalue weighted by molar-refractivity contribution is -0.138. The first-order chi connectivity index (χ1) is 8.96. The van der Waals surface area contributed by atoms with E-state index in [2.05, 4.69) is 10.2 Å². The van der Waals surface area contributed by atoms with Gasteiger partial charge in [-0.2, -0.15) is 0 Å². The van der Waals surface area contributed by atoms with Crippen LogP contribution in [-0.2, 0) is 4.79 Å². The number of carbonyl (C=O) groups excluding carboxylic acids is 1. The lowest BCUT2D eigenvalue weighted by Gasteiger charge is -2.39. The van der Waals surface area contributed by atoms with Crippen LogP contribution in [0.4, 0.5) is 0 Å². The van der Waals surface area contributed by atoms with E-state index in [0.29, 0.717) is 12.5 Å². The van der Waals surface area contributed by atoms with E-state index in [1.54, 1.807) is 0 Å². The number of aliphatic hydroxyl groups is 1. The molecule has 2 aliphatic rings. The van der Waals surface area contributed by atoms with Gasteiger partial charge in [-0.3, -0.25) is 9.69 Å². The molecule has 1 atom stereocenters. The number of piperidine rings is 1. The Kier molecular flexibility index (Phi) is 4.81. The topological polar surface area (TPSA) is 55.8 Å². The fourth-order valence-corrected chi connectivity index (χ4v) is 2.99. The van der Waals surface area contributed by atoms with Gasteiger partial charge in [-0.15, -0.1) is 0 Å². The van der Waals surface area contributed by atoms with E-state index in [4.69, 9.17) is 0 Å². The van der Waals surface area contributed by atoms with Crippen LogP contribution >= 0.6 is 0 Å². The summed E-state index contributed by atoms with van der Waals surface area (Å²) in [5.41, 5.74) is -0.653. The SMILES string of the molecule is CC(C)(O)CN1CCN(C(=O)[C@@H]2CCCNC2)CC1. The maximum absolute atomic E-state index is 12.4. The first-order valence-corrected chi connectivity index (χ1v) is 7.40.